The number of likely N-dealkylation sites (N-methyl/N-ethyl adjacent to an activating group) is 1. The average Bonchev–Trinajstić information content (AvgIpc) is 2.69. The minimum atomic E-state index is -8.26. The van der Waals surface area contributed by atoms with E-state index in [-0.39, 0.29) is 30.5 Å². The Bertz CT molecular complexity index is 1020. The highest BCUT2D eigenvalue weighted by molar-refractivity contribution is 7.90. The Kier molecular flexibility index (Phi) is 11.0. The Morgan fingerprint density at radius 1 is 0.684 bits per heavy atom. The Hall–Kier alpha value is -1.17. The van der Waals surface area contributed by atoms with Crippen LogP contribution in [0, 0.1) is 0 Å². The summed E-state index contributed by atoms with van der Waals surface area (Å²) in [5, 5.41) is 1.71. The van der Waals surface area contributed by atoms with Gasteiger partial charge in [-0.25, -0.2) is 13.1 Å². The van der Waals surface area contributed by atoms with Crippen molar-refractivity contribution in [2.75, 3.05) is 45.6 Å². The van der Waals surface area contributed by atoms with Crippen LogP contribution >= 0.6 is 0 Å². The van der Waals surface area contributed by atoms with Crippen molar-refractivity contribution in [1.29, 1.82) is 0 Å². The molecule has 0 aromatic rings. The van der Waals surface area contributed by atoms with Gasteiger partial charge in [0.1, 0.15) is 6.54 Å². The molecule has 0 spiro atoms. The zero-order chi connectivity index (χ0) is 30.9. The van der Waals surface area contributed by atoms with Crippen LogP contribution in [0.15, 0.2) is 0 Å². The number of alkyl halides is 13. The zero-order valence-electron chi connectivity index (χ0n) is 18.9. The minimum absolute atomic E-state index is 0.157. The summed E-state index contributed by atoms with van der Waals surface area (Å²) in [6, 6.07) is 0. The number of quaternary nitrogens is 1. The molecule has 0 saturated carbocycles. The van der Waals surface area contributed by atoms with Crippen LogP contribution < -0.4 is 4.72 Å². The molecule has 3 N–H and O–H groups in total. The van der Waals surface area contributed by atoms with Gasteiger partial charge in [-0.05, 0) is 0 Å². The average molecular weight is 637 g/mol. The summed E-state index contributed by atoms with van der Waals surface area (Å²) in [4.78, 5) is 0. The van der Waals surface area contributed by atoms with Gasteiger partial charge in [-0.1, -0.05) is 0 Å². The maximum absolute atomic E-state index is 13.9. The van der Waals surface area contributed by atoms with Crippen LogP contribution in [0.4, 0.5) is 57.1 Å². The third-order valence-corrected chi connectivity index (χ3v) is 7.47. The monoisotopic (exact) mass is 637 g/mol. The number of aliphatic hydroxyl groups excluding tert-OH is 1. The lowest BCUT2D eigenvalue weighted by atomic mass is 9.98. The molecule has 23 heteroatoms. The molecule has 0 aliphatic heterocycles. The number of halogens is 13. The maximum atomic E-state index is 13.9. The van der Waals surface area contributed by atoms with Crippen LogP contribution in [0.3, 0.4) is 0 Å². The van der Waals surface area contributed by atoms with Gasteiger partial charge in [0.25, 0.3) is 20.1 Å². The first-order valence-electron chi connectivity index (χ1n) is 9.82. The van der Waals surface area contributed by atoms with Crippen LogP contribution in [0.2, 0.25) is 0 Å². The smallest absolute Gasteiger partial charge is 0.391 e. The molecule has 1 atom stereocenters. The van der Waals surface area contributed by atoms with Crippen LogP contribution in [0.25, 0.3) is 0 Å². The molecule has 1 unspecified atom stereocenters. The Morgan fingerprint density at radius 2 is 1.11 bits per heavy atom. The zero-order valence-corrected chi connectivity index (χ0v) is 20.5. The highest BCUT2D eigenvalue weighted by Crippen LogP contribution is 2.60. The predicted molar refractivity (Wildman–Crippen MR) is 101 cm³/mol. The van der Waals surface area contributed by atoms with Crippen LogP contribution in [-0.2, 0) is 20.1 Å². The number of sulfonamides is 1. The van der Waals surface area contributed by atoms with E-state index in [0.717, 1.165) is 0 Å². The lowest BCUT2D eigenvalue weighted by molar-refractivity contribution is -0.909. The maximum Gasteiger partial charge on any atom is 0.460 e. The molecule has 0 aliphatic rings. The van der Waals surface area contributed by atoms with E-state index in [4.69, 9.17) is 9.66 Å². The molecule has 0 heterocycles. The van der Waals surface area contributed by atoms with E-state index in [9.17, 15) is 73.9 Å². The van der Waals surface area contributed by atoms with E-state index in [2.05, 4.69) is 0 Å². The van der Waals surface area contributed by atoms with Crippen LogP contribution in [0.1, 0.15) is 12.8 Å². The summed E-state index contributed by atoms with van der Waals surface area (Å²) in [5.41, 5.74) is 0. The fourth-order valence-electron chi connectivity index (χ4n) is 2.89. The molecule has 0 rings (SSSR count). The second-order valence-electron chi connectivity index (χ2n) is 8.22. The van der Waals surface area contributed by atoms with Gasteiger partial charge in [0, 0.05) is 19.4 Å². The van der Waals surface area contributed by atoms with Crippen molar-refractivity contribution in [3.63, 3.8) is 0 Å². The van der Waals surface area contributed by atoms with Gasteiger partial charge in [0.05, 0.1) is 32.5 Å². The second kappa shape index (κ2) is 11.4. The summed E-state index contributed by atoms with van der Waals surface area (Å²) >= 11 is 0. The van der Waals surface area contributed by atoms with Crippen molar-refractivity contribution in [2.45, 2.75) is 48.0 Å². The van der Waals surface area contributed by atoms with Gasteiger partial charge in [0.2, 0.25) is 0 Å². The normalized spacial score (nSPS) is 16.9. The first-order chi connectivity index (χ1) is 16.5. The minimum Gasteiger partial charge on any atom is -0.391 e. The lowest BCUT2D eigenvalue weighted by Gasteiger charge is -2.39. The Balaban J connectivity index is 5.78. The number of hydrogen-bond acceptors (Lipinski definition) is 5. The molecule has 0 aliphatic carbocycles. The predicted octanol–water partition coefficient (Wildman–Crippen LogP) is 2.71. The largest absolute Gasteiger partial charge is 0.460 e. The van der Waals surface area contributed by atoms with Crippen molar-refractivity contribution in [2.24, 2.45) is 0 Å². The van der Waals surface area contributed by atoms with Crippen molar-refractivity contribution in [3.8, 4) is 0 Å². The van der Waals surface area contributed by atoms with E-state index in [1.807, 2.05) is 0 Å². The molecule has 0 aromatic heterocycles. The quantitative estimate of drug-likeness (QED) is 0.104. The molecule has 38 heavy (non-hydrogen) atoms. The summed E-state index contributed by atoms with van der Waals surface area (Å²) < 4.78 is 224. The van der Waals surface area contributed by atoms with E-state index >= 15 is 0 Å². The second-order valence-corrected chi connectivity index (χ2v) is 11.6. The van der Waals surface area contributed by atoms with Crippen molar-refractivity contribution < 1.29 is 88.1 Å². The standard InChI is InChI=1S/C15H21F13N2O6S2/c1-30(7-8-31,6-3-9-37(32,33)34)5-2-4-29-38(35,36)15(27,28)13(22,23)11(18,19)10(16,17)12(20,21)14(24,25)26/h29,31H,2-9H2,1H3/p+1. The topological polar surface area (TPSA) is 121 Å². The van der Waals surface area contributed by atoms with E-state index in [1.54, 1.807) is 0 Å². The fraction of sp³-hybridized carbons (Fsp3) is 1.00. The highest BCUT2D eigenvalue weighted by atomic mass is 32.2. The summed E-state index contributed by atoms with van der Waals surface area (Å²) in [6.45, 7) is -2.61. The highest BCUT2D eigenvalue weighted by Gasteiger charge is 2.92. The molecule has 0 bridgehead atoms. The molecule has 0 radical (unpaired) electrons. The van der Waals surface area contributed by atoms with Crippen LogP contribution in [-0.4, -0.2) is 112 Å². The van der Waals surface area contributed by atoms with E-state index in [1.165, 1.54) is 7.05 Å². The van der Waals surface area contributed by atoms with Gasteiger partial charge < -0.3 is 9.59 Å². The van der Waals surface area contributed by atoms with Crippen molar-refractivity contribution >= 4 is 20.1 Å². The molecule has 0 fully saturated rings. The molecule has 0 amide bonds. The summed E-state index contributed by atoms with van der Waals surface area (Å²) in [7, 11) is -10.3. The van der Waals surface area contributed by atoms with E-state index in [0.29, 0.717) is 4.72 Å². The summed E-state index contributed by atoms with van der Waals surface area (Å²) in [5.74, 6) is -33.3. The van der Waals surface area contributed by atoms with Gasteiger partial charge in [0.15, 0.2) is 0 Å². The number of aliphatic hydroxyl groups is 1. The molecule has 0 saturated heterocycles. The lowest BCUT2D eigenvalue weighted by Crippen LogP contribution is -2.71. The SMILES string of the molecule is C[N+](CCO)(CCCNS(=O)(=O)C(F)(F)C(F)(F)C(F)(F)C(F)(F)C(F)(F)C(F)(F)F)CCCS(=O)(=O)O. The Labute approximate surface area is 207 Å². The number of nitrogens with zero attached hydrogens (tertiary/aromatic N) is 1. The third-order valence-electron chi connectivity index (χ3n) is 5.15. The molecular formula is C15H22F13N2O6S2+. The van der Waals surface area contributed by atoms with Gasteiger partial charge in [-0.3, -0.25) is 4.55 Å². The van der Waals surface area contributed by atoms with Crippen molar-refractivity contribution in [1.82, 2.24) is 4.72 Å². The van der Waals surface area contributed by atoms with Crippen molar-refractivity contribution in [3.05, 3.63) is 0 Å². The van der Waals surface area contributed by atoms with Gasteiger partial charge >= 0.3 is 35.1 Å². The molecular weight excluding hydrogens is 615 g/mol. The number of nitrogens with one attached hydrogen (secondary N) is 1. The first-order valence-corrected chi connectivity index (χ1v) is 12.9. The Morgan fingerprint density at radius 3 is 1.50 bits per heavy atom. The van der Waals surface area contributed by atoms with E-state index < -0.39 is 80.6 Å². The number of hydrogen-bond donors (Lipinski definition) is 3. The third kappa shape index (κ3) is 7.31. The van der Waals surface area contributed by atoms with Gasteiger partial charge in [-0.15, -0.1) is 0 Å². The number of rotatable bonds is 16. The van der Waals surface area contributed by atoms with Gasteiger partial charge in [-0.2, -0.15) is 65.5 Å². The fourth-order valence-corrected chi connectivity index (χ4v) is 4.44. The summed E-state index contributed by atoms with van der Waals surface area (Å²) in [6.07, 6.45) is -8.54. The molecule has 230 valence electrons. The molecule has 0 aromatic carbocycles. The molecule has 8 nitrogen and oxygen atoms in total. The first kappa shape index (κ1) is 36.8. The van der Waals surface area contributed by atoms with Crippen LogP contribution in [0.5, 0.6) is 0 Å².